The van der Waals surface area contributed by atoms with Crippen LogP contribution in [0.15, 0.2) is 66.9 Å². The highest BCUT2D eigenvalue weighted by molar-refractivity contribution is 5.99. The van der Waals surface area contributed by atoms with Crippen LogP contribution in [-0.4, -0.2) is 51.6 Å². The van der Waals surface area contributed by atoms with E-state index in [1.54, 1.807) is 30.3 Å². The summed E-state index contributed by atoms with van der Waals surface area (Å²) in [7, 11) is 0. The maximum Gasteiger partial charge on any atom is 0.248 e. The molecule has 1 aliphatic heterocycles. The fraction of sp³-hybridized carbons (Fsp3) is 0.240. The highest BCUT2D eigenvalue weighted by Gasteiger charge is 2.18. The highest BCUT2D eigenvalue weighted by atomic mass is 19.1. The Bertz CT molecular complexity index is 1190. The van der Waals surface area contributed by atoms with E-state index in [9.17, 15) is 14.3 Å². The second-order valence-corrected chi connectivity index (χ2v) is 8.18. The van der Waals surface area contributed by atoms with Crippen molar-refractivity contribution in [3.05, 3.63) is 78.3 Å². The Labute approximate surface area is 197 Å². The Hall–Kier alpha value is -3.82. The van der Waals surface area contributed by atoms with E-state index in [1.165, 1.54) is 6.08 Å². The molecule has 4 rings (SSSR count). The van der Waals surface area contributed by atoms with Gasteiger partial charge in [0.05, 0.1) is 12.3 Å². The second kappa shape index (κ2) is 10.9. The van der Waals surface area contributed by atoms with Gasteiger partial charge in [0.25, 0.3) is 0 Å². The number of aromatic nitrogens is 2. The lowest BCUT2D eigenvalue weighted by atomic mass is 10.2. The van der Waals surface area contributed by atoms with E-state index in [0.29, 0.717) is 24.5 Å². The molecule has 0 radical (unpaired) electrons. The molecule has 1 aliphatic rings. The van der Waals surface area contributed by atoms with Gasteiger partial charge in [-0.3, -0.25) is 9.69 Å². The first-order valence-corrected chi connectivity index (χ1v) is 11.1. The van der Waals surface area contributed by atoms with Gasteiger partial charge >= 0.3 is 0 Å². The van der Waals surface area contributed by atoms with Gasteiger partial charge in [-0.05, 0) is 49.2 Å². The molecule has 8 nitrogen and oxygen atoms in total. The summed E-state index contributed by atoms with van der Waals surface area (Å²) < 4.78 is 14.2. The summed E-state index contributed by atoms with van der Waals surface area (Å²) in [6, 6.07) is 14.6. The van der Waals surface area contributed by atoms with Crippen molar-refractivity contribution in [2.75, 3.05) is 35.6 Å². The van der Waals surface area contributed by atoms with Gasteiger partial charge in [0.2, 0.25) is 11.9 Å². The van der Waals surface area contributed by atoms with E-state index in [1.807, 2.05) is 31.2 Å². The number of benzene rings is 2. The maximum absolute atomic E-state index is 14.2. The molecule has 0 saturated carbocycles. The summed E-state index contributed by atoms with van der Waals surface area (Å²) in [5.74, 6) is -0.543. The van der Waals surface area contributed by atoms with Gasteiger partial charge < -0.3 is 21.1 Å². The van der Waals surface area contributed by atoms with Crippen molar-refractivity contribution < 1.29 is 14.3 Å². The molecule has 2 heterocycles. The number of nitrogens with one attached hydrogen (secondary N) is 3. The molecular formula is C25H27FN6O2. The van der Waals surface area contributed by atoms with Gasteiger partial charge in [-0.2, -0.15) is 4.98 Å². The summed E-state index contributed by atoms with van der Waals surface area (Å²) in [5.41, 5.74) is 3.00. The van der Waals surface area contributed by atoms with E-state index in [2.05, 4.69) is 30.8 Å². The molecule has 34 heavy (non-hydrogen) atoms. The lowest BCUT2D eigenvalue weighted by molar-refractivity contribution is -0.111. The van der Waals surface area contributed by atoms with Gasteiger partial charge in [0.1, 0.15) is 0 Å². The van der Waals surface area contributed by atoms with Crippen molar-refractivity contribution in [2.45, 2.75) is 19.4 Å². The average Bonchev–Trinajstić information content (AvgIpc) is 3.21. The number of aliphatic hydroxyl groups is 1. The predicted octanol–water partition coefficient (Wildman–Crippen LogP) is 3.97. The fourth-order valence-corrected chi connectivity index (χ4v) is 3.65. The molecule has 3 aromatic rings. The van der Waals surface area contributed by atoms with E-state index < -0.39 is 5.82 Å². The first-order chi connectivity index (χ1) is 16.4. The van der Waals surface area contributed by atoms with E-state index in [-0.39, 0.29) is 23.8 Å². The third-order valence-corrected chi connectivity index (χ3v) is 5.29. The van der Waals surface area contributed by atoms with Gasteiger partial charge in [0, 0.05) is 42.8 Å². The average molecular weight is 463 g/mol. The summed E-state index contributed by atoms with van der Waals surface area (Å²) in [6.45, 7) is 4.03. The number of aryl methyl sites for hydroxylation is 1. The SMILES string of the molecule is Cc1cccc(Nc2nc(Nc3cccc(NC(=O)C=CCN4CC[C@H](O)C4)c3)ncc2F)c1. The molecule has 1 atom stereocenters. The van der Waals surface area contributed by atoms with Crippen molar-refractivity contribution in [3.63, 3.8) is 0 Å². The zero-order valence-corrected chi connectivity index (χ0v) is 18.8. The van der Waals surface area contributed by atoms with Crippen LogP contribution in [0, 0.1) is 12.7 Å². The number of rotatable bonds is 8. The largest absolute Gasteiger partial charge is 0.392 e. The predicted molar refractivity (Wildman–Crippen MR) is 131 cm³/mol. The molecule has 9 heteroatoms. The Kier molecular flexibility index (Phi) is 7.46. The second-order valence-electron chi connectivity index (χ2n) is 8.18. The van der Waals surface area contributed by atoms with Crippen LogP contribution in [0.5, 0.6) is 0 Å². The molecule has 1 fully saturated rings. The van der Waals surface area contributed by atoms with Gasteiger partial charge in [-0.1, -0.05) is 24.3 Å². The first kappa shape index (κ1) is 23.3. The molecule has 4 N–H and O–H groups in total. The first-order valence-electron chi connectivity index (χ1n) is 11.1. The van der Waals surface area contributed by atoms with Crippen LogP contribution in [0.25, 0.3) is 0 Å². The minimum absolute atomic E-state index is 0.0585. The van der Waals surface area contributed by atoms with Crippen molar-refractivity contribution in [1.29, 1.82) is 0 Å². The molecule has 0 unspecified atom stereocenters. The van der Waals surface area contributed by atoms with Crippen LogP contribution in [-0.2, 0) is 4.79 Å². The maximum atomic E-state index is 14.2. The van der Waals surface area contributed by atoms with Crippen molar-refractivity contribution >= 4 is 34.7 Å². The number of hydrogen-bond acceptors (Lipinski definition) is 7. The number of anilines is 5. The van der Waals surface area contributed by atoms with E-state index in [0.717, 1.165) is 30.4 Å². The number of carbonyl (C=O) groups is 1. The minimum Gasteiger partial charge on any atom is -0.392 e. The molecule has 0 spiro atoms. The molecule has 1 saturated heterocycles. The van der Waals surface area contributed by atoms with Gasteiger partial charge in [-0.15, -0.1) is 0 Å². The number of carbonyl (C=O) groups excluding carboxylic acids is 1. The quantitative estimate of drug-likeness (QED) is 0.376. The normalized spacial score (nSPS) is 16.0. The lowest BCUT2D eigenvalue weighted by Gasteiger charge is -2.11. The Balaban J connectivity index is 1.37. The minimum atomic E-state index is -0.566. The number of β-amino-alcohol motifs (C(OH)–C–C–N with tert-alkyl or cyclic N) is 1. The lowest BCUT2D eigenvalue weighted by Crippen LogP contribution is -2.22. The highest BCUT2D eigenvalue weighted by Crippen LogP contribution is 2.22. The molecule has 1 amide bonds. The monoisotopic (exact) mass is 462 g/mol. The van der Waals surface area contributed by atoms with Gasteiger partial charge in [0.15, 0.2) is 11.6 Å². The van der Waals surface area contributed by atoms with Crippen molar-refractivity contribution in [2.24, 2.45) is 0 Å². The number of likely N-dealkylation sites (tertiary alicyclic amines) is 1. The number of hydrogen-bond donors (Lipinski definition) is 4. The van der Waals surface area contributed by atoms with Crippen LogP contribution < -0.4 is 16.0 Å². The molecular weight excluding hydrogens is 435 g/mol. The molecule has 1 aromatic heterocycles. The number of aliphatic hydroxyl groups excluding tert-OH is 1. The van der Waals surface area contributed by atoms with Crippen LogP contribution in [0.4, 0.5) is 33.2 Å². The van der Waals surface area contributed by atoms with Crippen LogP contribution in [0.3, 0.4) is 0 Å². The van der Waals surface area contributed by atoms with Crippen LogP contribution >= 0.6 is 0 Å². The summed E-state index contributed by atoms with van der Waals surface area (Å²) in [5, 5.41) is 18.4. The number of amides is 1. The van der Waals surface area contributed by atoms with Crippen molar-refractivity contribution in [3.8, 4) is 0 Å². The number of halogens is 1. The molecule has 2 aromatic carbocycles. The fourth-order valence-electron chi connectivity index (χ4n) is 3.65. The van der Waals surface area contributed by atoms with Crippen LogP contribution in [0.1, 0.15) is 12.0 Å². The van der Waals surface area contributed by atoms with E-state index in [4.69, 9.17) is 0 Å². The Morgan fingerprint density at radius 1 is 1.18 bits per heavy atom. The number of nitrogens with zero attached hydrogens (tertiary/aromatic N) is 3. The van der Waals surface area contributed by atoms with E-state index >= 15 is 0 Å². The molecule has 0 aliphatic carbocycles. The zero-order valence-electron chi connectivity index (χ0n) is 18.8. The molecule has 176 valence electrons. The smallest absolute Gasteiger partial charge is 0.248 e. The summed E-state index contributed by atoms with van der Waals surface area (Å²) in [6.07, 6.45) is 4.85. The van der Waals surface area contributed by atoms with Crippen molar-refractivity contribution in [1.82, 2.24) is 14.9 Å². The summed E-state index contributed by atoms with van der Waals surface area (Å²) >= 11 is 0. The topological polar surface area (TPSA) is 102 Å². The van der Waals surface area contributed by atoms with Crippen LogP contribution in [0.2, 0.25) is 0 Å². The zero-order chi connectivity index (χ0) is 23.9. The van der Waals surface area contributed by atoms with Gasteiger partial charge in [-0.25, -0.2) is 9.37 Å². The third-order valence-electron chi connectivity index (χ3n) is 5.29. The summed E-state index contributed by atoms with van der Waals surface area (Å²) in [4.78, 5) is 22.6. The third kappa shape index (κ3) is 6.60. The Morgan fingerprint density at radius 3 is 2.71 bits per heavy atom. The standard InChI is InChI=1S/C25H27FN6O2/c1-17-5-2-6-18(13-17)29-24-22(26)15-27-25(31-24)30-20-8-3-7-19(14-20)28-23(34)9-4-11-32-12-10-21(33)16-32/h2-9,13-15,21,33H,10-12,16H2,1H3,(H,28,34)(H2,27,29,30,31)/t21-/m0/s1. The molecule has 0 bridgehead atoms. The Morgan fingerprint density at radius 2 is 1.94 bits per heavy atom.